The fraction of sp³-hybridized carbons (Fsp3) is 0.409. The van der Waals surface area contributed by atoms with Crippen LogP contribution in [-0.2, 0) is 4.74 Å². The van der Waals surface area contributed by atoms with Gasteiger partial charge in [0.25, 0.3) is 0 Å². The minimum absolute atomic E-state index is 0.168. The van der Waals surface area contributed by atoms with Crippen LogP contribution in [0.25, 0.3) is 16.7 Å². The van der Waals surface area contributed by atoms with Crippen LogP contribution in [-0.4, -0.2) is 56.5 Å². The number of nitrogens with zero attached hydrogens (tertiary/aromatic N) is 5. The molecule has 2 saturated heterocycles. The minimum Gasteiger partial charge on any atom is -0.444 e. The van der Waals surface area contributed by atoms with Crippen LogP contribution < -0.4 is 4.90 Å². The second kappa shape index (κ2) is 6.87. The Balaban J connectivity index is 1.38. The maximum absolute atomic E-state index is 12.5. The predicted molar refractivity (Wildman–Crippen MR) is 116 cm³/mol. The first-order valence-corrected chi connectivity index (χ1v) is 10.5. The number of benzene rings is 1. The van der Waals surface area contributed by atoms with Gasteiger partial charge in [0.2, 0.25) is 0 Å². The Bertz CT molecular complexity index is 1120. The monoisotopic (exact) mass is 425 g/mol. The summed E-state index contributed by atoms with van der Waals surface area (Å²) in [6, 6.07) is 12.3. The number of para-hydroxylation sites is 1. The highest BCUT2D eigenvalue weighted by Crippen LogP contribution is 2.36. The number of halogens is 1. The number of amides is 1. The number of rotatable bonds is 2. The van der Waals surface area contributed by atoms with E-state index in [0.717, 1.165) is 35.4 Å². The number of piperazine rings is 1. The Kier molecular flexibility index (Phi) is 4.39. The van der Waals surface area contributed by atoms with E-state index >= 15 is 0 Å². The lowest BCUT2D eigenvalue weighted by atomic mass is 10.2. The van der Waals surface area contributed by atoms with Crippen molar-refractivity contribution in [2.45, 2.75) is 44.9 Å². The average molecular weight is 426 g/mol. The summed E-state index contributed by atoms with van der Waals surface area (Å²) in [6.07, 6.45) is 2.53. The van der Waals surface area contributed by atoms with Gasteiger partial charge < -0.3 is 14.5 Å². The first-order valence-electron chi connectivity index (χ1n) is 10.2. The Labute approximate surface area is 180 Å². The third kappa shape index (κ3) is 3.27. The summed E-state index contributed by atoms with van der Waals surface area (Å²) in [5.74, 6) is 0.724. The van der Waals surface area contributed by atoms with E-state index in [-0.39, 0.29) is 18.2 Å². The molecule has 0 spiro atoms. The van der Waals surface area contributed by atoms with Crippen molar-refractivity contribution in [3.8, 4) is 5.82 Å². The zero-order valence-corrected chi connectivity index (χ0v) is 18.0. The molecule has 7 nitrogen and oxygen atoms in total. The fourth-order valence-corrected chi connectivity index (χ4v) is 4.67. The van der Waals surface area contributed by atoms with Gasteiger partial charge >= 0.3 is 6.09 Å². The molecule has 2 atom stereocenters. The van der Waals surface area contributed by atoms with E-state index in [2.05, 4.69) is 15.0 Å². The second-order valence-corrected chi connectivity index (χ2v) is 9.28. The van der Waals surface area contributed by atoms with Crippen LogP contribution in [0.5, 0.6) is 0 Å². The van der Waals surface area contributed by atoms with Crippen molar-refractivity contribution in [3.63, 3.8) is 0 Å². The molecule has 2 aliphatic heterocycles. The van der Waals surface area contributed by atoms with E-state index in [9.17, 15) is 4.79 Å². The zero-order chi connectivity index (χ0) is 21.0. The number of hydrogen-bond acceptors (Lipinski definition) is 5. The molecule has 0 saturated carbocycles. The molecule has 2 fully saturated rings. The van der Waals surface area contributed by atoms with E-state index in [1.165, 1.54) is 0 Å². The van der Waals surface area contributed by atoms with Gasteiger partial charge in [-0.15, -0.1) is 0 Å². The van der Waals surface area contributed by atoms with E-state index in [1.54, 1.807) is 10.9 Å². The molecule has 1 amide bonds. The minimum atomic E-state index is -0.480. The number of hydrogen-bond donors (Lipinski definition) is 0. The zero-order valence-electron chi connectivity index (χ0n) is 17.2. The van der Waals surface area contributed by atoms with E-state index < -0.39 is 5.60 Å². The Morgan fingerprint density at radius 2 is 1.97 bits per heavy atom. The Morgan fingerprint density at radius 1 is 1.17 bits per heavy atom. The molecule has 0 aliphatic carbocycles. The van der Waals surface area contributed by atoms with Crippen molar-refractivity contribution in [3.05, 3.63) is 47.7 Å². The molecular weight excluding hydrogens is 402 g/mol. The van der Waals surface area contributed by atoms with Crippen LogP contribution in [0.3, 0.4) is 0 Å². The van der Waals surface area contributed by atoms with Crippen LogP contribution >= 0.6 is 11.6 Å². The Hall–Kier alpha value is -2.80. The summed E-state index contributed by atoms with van der Waals surface area (Å²) in [4.78, 5) is 21.3. The lowest BCUT2D eigenvalue weighted by Crippen LogP contribution is -2.50. The molecular formula is C22H24ClN5O2. The number of likely N-dealkylation sites (tertiary alicyclic amines) is 1. The van der Waals surface area contributed by atoms with Crippen molar-refractivity contribution < 1.29 is 9.53 Å². The van der Waals surface area contributed by atoms with Crippen molar-refractivity contribution in [1.82, 2.24) is 19.7 Å². The first kappa shape index (κ1) is 19.2. The van der Waals surface area contributed by atoms with Gasteiger partial charge in [-0.1, -0.05) is 23.7 Å². The normalized spacial score (nSPS) is 20.9. The molecule has 156 valence electrons. The van der Waals surface area contributed by atoms with Gasteiger partial charge in [-0.05, 0) is 45.4 Å². The van der Waals surface area contributed by atoms with Gasteiger partial charge in [0, 0.05) is 42.5 Å². The Morgan fingerprint density at radius 3 is 2.70 bits per heavy atom. The molecule has 4 heterocycles. The molecule has 30 heavy (non-hydrogen) atoms. The number of aromatic nitrogens is 3. The maximum atomic E-state index is 12.5. The molecule has 2 aliphatic rings. The van der Waals surface area contributed by atoms with Crippen LogP contribution in [0, 0.1) is 0 Å². The highest BCUT2D eigenvalue weighted by atomic mass is 35.5. The molecule has 0 radical (unpaired) electrons. The van der Waals surface area contributed by atoms with Crippen molar-refractivity contribution in [2.24, 2.45) is 0 Å². The van der Waals surface area contributed by atoms with Crippen molar-refractivity contribution >= 4 is 34.3 Å². The van der Waals surface area contributed by atoms with Gasteiger partial charge in [-0.3, -0.25) is 0 Å². The van der Waals surface area contributed by atoms with Crippen LogP contribution in [0.4, 0.5) is 10.5 Å². The van der Waals surface area contributed by atoms with Crippen LogP contribution in [0.15, 0.2) is 42.6 Å². The number of fused-ring (bicyclic) bond motifs is 3. The summed E-state index contributed by atoms with van der Waals surface area (Å²) >= 11 is 6.32. The van der Waals surface area contributed by atoms with Gasteiger partial charge in [0.05, 0.1) is 11.6 Å². The highest BCUT2D eigenvalue weighted by Gasteiger charge is 2.46. The van der Waals surface area contributed by atoms with Gasteiger partial charge in [-0.25, -0.2) is 14.5 Å². The molecule has 1 aromatic carbocycles. The smallest absolute Gasteiger partial charge is 0.410 e. The molecule has 2 aromatic heterocycles. The van der Waals surface area contributed by atoms with Gasteiger partial charge in [-0.2, -0.15) is 5.10 Å². The van der Waals surface area contributed by atoms with Gasteiger partial charge in [0.15, 0.2) is 11.0 Å². The lowest BCUT2D eigenvalue weighted by molar-refractivity contribution is 0.0214. The average Bonchev–Trinajstić information content (AvgIpc) is 3.40. The highest BCUT2D eigenvalue weighted by molar-refractivity contribution is 6.34. The third-order valence-corrected chi connectivity index (χ3v) is 5.97. The summed E-state index contributed by atoms with van der Waals surface area (Å²) in [5.41, 5.74) is 1.52. The number of anilines is 1. The van der Waals surface area contributed by atoms with Crippen molar-refractivity contribution in [1.29, 1.82) is 0 Å². The van der Waals surface area contributed by atoms with Gasteiger partial charge in [0.1, 0.15) is 5.60 Å². The first-order chi connectivity index (χ1) is 14.3. The molecule has 0 N–H and O–H groups in total. The molecule has 2 bridgehead atoms. The molecule has 3 aromatic rings. The van der Waals surface area contributed by atoms with Crippen LogP contribution in [0.1, 0.15) is 27.2 Å². The van der Waals surface area contributed by atoms with E-state index in [1.807, 2.05) is 62.1 Å². The number of carbonyl (C=O) groups excluding carboxylic acids is 1. The lowest BCUT2D eigenvalue weighted by Gasteiger charge is -2.36. The molecule has 0 unspecified atom stereocenters. The predicted octanol–water partition coefficient (Wildman–Crippen LogP) is 4.27. The molecule has 5 rings (SSSR count). The van der Waals surface area contributed by atoms with Crippen molar-refractivity contribution in [2.75, 3.05) is 18.0 Å². The SMILES string of the molecule is CC(C)(C)OC(=O)N1C[C@@H]2C[C@H]1CN2c1ccnc(-n2nc(Cl)c3ccccc32)c1. The summed E-state index contributed by atoms with van der Waals surface area (Å²) < 4.78 is 7.35. The quantitative estimate of drug-likeness (QED) is 0.613. The number of carbonyl (C=O) groups is 1. The maximum Gasteiger partial charge on any atom is 0.410 e. The number of pyridine rings is 1. The number of ether oxygens (including phenoxy) is 1. The van der Waals surface area contributed by atoms with E-state index in [0.29, 0.717) is 11.7 Å². The van der Waals surface area contributed by atoms with Crippen LogP contribution in [0.2, 0.25) is 5.15 Å². The second-order valence-electron chi connectivity index (χ2n) is 8.92. The third-order valence-electron chi connectivity index (χ3n) is 5.69. The fourth-order valence-electron chi connectivity index (χ4n) is 4.43. The summed E-state index contributed by atoms with van der Waals surface area (Å²) in [7, 11) is 0. The largest absolute Gasteiger partial charge is 0.444 e. The molecule has 8 heteroatoms. The summed E-state index contributed by atoms with van der Waals surface area (Å²) in [6.45, 7) is 7.15. The summed E-state index contributed by atoms with van der Waals surface area (Å²) in [5, 5.41) is 5.84. The van der Waals surface area contributed by atoms with E-state index in [4.69, 9.17) is 16.3 Å². The topological polar surface area (TPSA) is 63.5 Å². The standard InChI is InChI=1S/C22H24ClN5O2/c1-22(2,3)30-21(29)27-13-15-10-16(27)12-26(15)14-8-9-24-19(11-14)28-18-7-5-4-6-17(18)20(23)25-28/h4-9,11,15-16H,10,12-13H2,1-3H3/t15-,16-/m0/s1.